The summed E-state index contributed by atoms with van der Waals surface area (Å²) in [7, 11) is 1.53. The number of carbonyl (C=O) groups is 3. The number of hydrogen-bond donors (Lipinski definition) is 0. The van der Waals surface area contributed by atoms with Crippen molar-refractivity contribution in [3.8, 4) is 17.2 Å². The van der Waals surface area contributed by atoms with Crippen LogP contribution in [0.4, 0.5) is 10.5 Å². The molecule has 4 rings (SSSR count). The molecule has 0 aromatic heterocycles. The first-order valence-corrected chi connectivity index (χ1v) is 13.4. The number of thioether (sulfide) groups is 1. The minimum Gasteiger partial charge on any atom is -0.497 e. The topological polar surface area (TPSA) is 125 Å². The number of benzene rings is 3. The summed E-state index contributed by atoms with van der Waals surface area (Å²) in [4.78, 5) is 50.0. The number of imide groups is 1. The predicted molar refractivity (Wildman–Crippen MR) is 153 cm³/mol. The van der Waals surface area contributed by atoms with E-state index >= 15 is 0 Å². The van der Waals surface area contributed by atoms with Crippen molar-refractivity contribution in [3.05, 3.63) is 95.9 Å². The van der Waals surface area contributed by atoms with Gasteiger partial charge in [0.15, 0.2) is 11.5 Å². The van der Waals surface area contributed by atoms with E-state index in [9.17, 15) is 24.5 Å². The van der Waals surface area contributed by atoms with Gasteiger partial charge in [-0.2, -0.15) is 0 Å². The van der Waals surface area contributed by atoms with Gasteiger partial charge >= 0.3 is 5.97 Å². The lowest BCUT2D eigenvalue weighted by atomic mass is 10.1. The lowest BCUT2D eigenvalue weighted by Crippen LogP contribution is -2.27. The summed E-state index contributed by atoms with van der Waals surface area (Å²) in [6.45, 7) is 2.08. The van der Waals surface area contributed by atoms with Gasteiger partial charge in [0.25, 0.3) is 16.8 Å². The maximum Gasteiger partial charge on any atom is 0.343 e. The third-order valence-corrected chi connectivity index (χ3v) is 7.22. The number of rotatable bonds is 9. The van der Waals surface area contributed by atoms with Crippen LogP contribution in [0.5, 0.6) is 17.2 Å². The summed E-state index contributed by atoms with van der Waals surface area (Å²) in [5.41, 5.74) is 1.42. The molecule has 200 valence electrons. The molecule has 0 spiro atoms. The SMILES string of the molecule is CCOc1cc(/C=C2\SC(=O)N(Cc3ccc([N+](=O)[O-])cc3)C2=O)cc(I)c1OC(=O)c1ccc(OC)cc1. The molecule has 1 fully saturated rings. The smallest absolute Gasteiger partial charge is 0.343 e. The lowest BCUT2D eigenvalue weighted by Gasteiger charge is -2.14. The van der Waals surface area contributed by atoms with Crippen molar-refractivity contribution in [1.29, 1.82) is 0 Å². The quantitative estimate of drug-likeness (QED) is 0.0673. The second-order valence-corrected chi connectivity index (χ2v) is 10.2. The molecular formula is C27H21IN2O8S. The highest BCUT2D eigenvalue weighted by Gasteiger charge is 2.35. The van der Waals surface area contributed by atoms with Crippen molar-refractivity contribution in [2.45, 2.75) is 13.5 Å². The third kappa shape index (κ3) is 6.57. The van der Waals surface area contributed by atoms with Crippen LogP contribution in [0, 0.1) is 13.7 Å². The Morgan fingerprint density at radius 2 is 1.79 bits per heavy atom. The maximum atomic E-state index is 13.0. The number of nitro groups is 1. The number of non-ortho nitro benzene ring substituents is 1. The van der Waals surface area contributed by atoms with Crippen molar-refractivity contribution in [3.63, 3.8) is 0 Å². The highest BCUT2D eigenvalue weighted by molar-refractivity contribution is 14.1. The van der Waals surface area contributed by atoms with Gasteiger partial charge in [0, 0.05) is 12.1 Å². The van der Waals surface area contributed by atoms with Crippen LogP contribution in [0.3, 0.4) is 0 Å². The van der Waals surface area contributed by atoms with Crippen LogP contribution in [0.25, 0.3) is 6.08 Å². The first kappa shape index (κ1) is 28.1. The first-order chi connectivity index (χ1) is 18.7. The number of amides is 2. The minimum atomic E-state index is -0.573. The van der Waals surface area contributed by atoms with Gasteiger partial charge in [-0.3, -0.25) is 24.6 Å². The molecule has 0 bridgehead atoms. The summed E-state index contributed by atoms with van der Waals surface area (Å²) in [5.74, 6) is 0.102. The molecular weight excluding hydrogens is 639 g/mol. The van der Waals surface area contributed by atoms with Crippen LogP contribution in [-0.4, -0.2) is 40.7 Å². The summed E-state index contributed by atoms with van der Waals surface area (Å²) < 4.78 is 17.1. The van der Waals surface area contributed by atoms with E-state index in [0.29, 0.717) is 38.4 Å². The minimum absolute atomic E-state index is 0.0119. The number of halogens is 1. The van der Waals surface area contributed by atoms with Gasteiger partial charge < -0.3 is 14.2 Å². The van der Waals surface area contributed by atoms with E-state index in [0.717, 1.165) is 16.7 Å². The molecule has 3 aromatic rings. The summed E-state index contributed by atoms with van der Waals surface area (Å²) in [5, 5.41) is 10.4. The largest absolute Gasteiger partial charge is 0.497 e. The zero-order chi connectivity index (χ0) is 28.1. The van der Waals surface area contributed by atoms with Gasteiger partial charge in [-0.15, -0.1) is 0 Å². The van der Waals surface area contributed by atoms with E-state index in [-0.39, 0.29) is 22.9 Å². The zero-order valence-corrected chi connectivity index (χ0v) is 23.7. The Bertz CT molecular complexity index is 1470. The van der Waals surface area contributed by atoms with Crippen LogP contribution in [-0.2, 0) is 11.3 Å². The number of hydrogen-bond acceptors (Lipinski definition) is 9. The molecule has 2 amide bonds. The lowest BCUT2D eigenvalue weighted by molar-refractivity contribution is -0.384. The van der Waals surface area contributed by atoms with E-state index in [2.05, 4.69) is 0 Å². The van der Waals surface area contributed by atoms with E-state index in [1.807, 2.05) is 22.6 Å². The molecule has 3 aromatic carbocycles. The second-order valence-electron chi connectivity index (χ2n) is 8.07. The fourth-order valence-electron chi connectivity index (χ4n) is 3.61. The van der Waals surface area contributed by atoms with Gasteiger partial charge in [0.1, 0.15) is 5.75 Å². The maximum absolute atomic E-state index is 13.0. The Morgan fingerprint density at radius 1 is 1.10 bits per heavy atom. The molecule has 0 aliphatic carbocycles. The van der Waals surface area contributed by atoms with Crippen molar-refractivity contribution in [2.24, 2.45) is 0 Å². The zero-order valence-electron chi connectivity index (χ0n) is 20.7. The van der Waals surface area contributed by atoms with Crippen LogP contribution >= 0.6 is 34.4 Å². The highest BCUT2D eigenvalue weighted by Crippen LogP contribution is 2.38. The molecule has 12 heteroatoms. The Morgan fingerprint density at radius 3 is 2.41 bits per heavy atom. The molecule has 10 nitrogen and oxygen atoms in total. The molecule has 1 saturated heterocycles. The molecule has 0 unspecified atom stereocenters. The normalized spacial score (nSPS) is 14.0. The summed E-state index contributed by atoms with van der Waals surface area (Å²) in [6, 6.07) is 15.5. The number of ether oxygens (including phenoxy) is 3. The molecule has 1 aliphatic rings. The Hall–Kier alpha value is -3.91. The Balaban J connectivity index is 1.55. The fourth-order valence-corrected chi connectivity index (χ4v) is 5.18. The van der Waals surface area contributed by atoms with E-state index in [1.165, 1.54) is 31.4 Å². The van der Waals surface area contributed by atoms with Gasteiger partial charge in [0.05, 0.1) is 39.2 Å². The predicted octanol–water partition coefficient (Wildman–Crippen LogP) is 6.06. The standard InChI is InChI=1S/C27H21IN2O8S/c1-3-37-22-13-17(12-21(28)24(22)38-26(32)18-6-10-20(36-2)11-7-18)14-23-25(31)29(27(33)39-23)15-16-4-8-19(9-5-16)30(34)35/h4-14H,3,15H2,1-2H3/b23-14-. The molecule has 0 saturated carbocycles. The third-order valence-electron chi connectivity index (χ3n) is 5.51. The van der Waals surface area contributed by atoms with Crippen molar-refractivity contribution in [1.82, 2.24) is 4.90 Å². The fraction of sp³-hybridized carbons (Fsp3) is 0.148. The van der Waals surface area contributed by atoms with Crippen molar-refractivity contribution >= 4 is 63.2 Å². The second kappa shape index (κ2) is 12.3. The van der Waals surface area contributed by atoms with Crippen molar-refractivity contribution in [2.75, 3.05) is 13.7 Å². The van der Waals surface area contributed by atoms with Crippen LogP contribution in [0.2, 0.25) is 0 Å². The average Bonchev–Trinajstić information content (AvgIpc) is 3.18. The summed E-state index contributed by atoms with van der Waals surface area (Å²) >= 11 is 2.81. The van der Waals surface area contributed by atoms with E-state index in [4.69, 9.17) is 14.2 Å². The number of methoxy groups -OCH3 is 1. The molecule has 0 radical (unpaired) electrons. The van der Waals surface area contributed by atoms with E-state index in [1.54, 1.807) is 49.4 Å². The number of nitro benzene ring substituents is 1. The van der Waals surface area contributed by atoms with Crippen LogP contribution in [0.15, 0.2) is 65.6 Å². The van der Waals surface area contributed by atoms with E-state index < -0.39 is 22.0 Å². The van der Waals surface area contributed by atoms with Gasteiger partial charge in [-0.25, -0.2) is 4.79 Å². The summed E-state index contributed by atoms with van der Waals surface area (Å²) in [6.07, 6.45) is 1.57. The monoisotopic (exact) mass is 660 g/mol. The average molecular weight is 660 g/mol. The van der Waals surface area contributed by atoms with Gasteiger partial charge in [-0.05, 0) is 94.9 Å². The number of carbonyl (C=O) groups excluding carboxylic acids is 3. The Kier molecular flexibility index (Phi) is 8.86. The molecule has 1 heterocycles. The molecule has 0 atom stereocenters. The number of nitrogens with zero attached hydrogens (tertiary/aromatic N) is 2. The van der Waals surface area contributed by atoms with Crippen molar-refractivity contribution < 1.29 is 33.5 Å². The highest BCUT2D eigenvalue weighted by atomic mass is 127. The van der Waals surface area contributed by atoms with Gasteiger partial charge in [-0.1, -0.05) is 12.1 Å². The van der Waals surface area contributed by atoms with Crippen LogP contribution < -0.4 is 14.2 Å². The molecule has 0 N–H and O–H groups in total. The van der Waals surface area contributed by atoms with Gasteiger partial charge in [0.2, 0.25) is 0 Å². The first-order valence-electron chi connectivity index (χ1n) is 11.5. The number of esters is 1. The molecule has 1 aliphatic heterocycles. The molecule has 39 heavy (non-hydrogen) atoms. The Labute approximate surface area is 241 Å². The van der Waals surface area contributed by atoms with Crippen LogP contribution in [0.1, 0.15) is 28.4 Å².